The fourth-order valence-corrected chi connectivity index (χ4v) is 11.1. The van der Waals surface area contributed by atoms with Crippen LogP contribution < -0.4 is 33.7 Å². The van der Waals surface area contributed by atoms with Crippen LogP contribution in [0.5, 0.6) is 40.2 Å². The van der Waals surface area contributed by atoms with Gasteiger partial charge in [0.1, 0.15) is 18.0 Å². The third kappa shape index (κ3) is 7.55. The SMILES string of the molecule is COc1cc2c(cc1OC(=O)OC(C)(C)C)CCN[C@]21CSC(C)C2C(N(C)C)c3c(cc(C)c(OC)c3O)CCN2C(c2c(C)c(OC)c(C)c3c2OCO3)COC1=O. The molecule has 3 aromatic rings. The molecule has 4 aliphatic rings. The van der Waals surface area contributed by atoms with Crippen LogP contribution in [0.1, 0.15) is 84.3 Å². The topological polar surface area (TPSA) is 147 Å². The summed E-state index contributed by atoms with van der Waals surface area (Å²) in [4.78, 5) is 32.5. The highest BCUT2D eigenvalue weighted by atomic mass is 32.2. The molecule has 1 saturated heterocycles. The summed E-state index contributed by atoms with van der Waals surface area (Å²) in [5, 5.41) is 15.5. The Bertz CT molecular complexity index is 2170. The van der Waals surface area contributed by atoms with Crippen LogP contribution in [0, 0.1) is 20.8 Å². The first-order valence-electron chi connectivity index (χ1n) is 20.4. The lowest BCUT2D eigenvalue weighted by Crippen LogP contribution is -2.58. The average molecular weight is 850 g/mol. The number of cyclic esters (lactones) is 1. The smallest absolute Gasteiger partial charge is 0.504 e. The molecular formula is C45H59N3O11S. The van der Waals surface area contributed by atoms with Crippen LogP contribution in [0.25, 0.3) is 0 Å². The second kappa shape index (κ2) is 16.7. The number of aryl methyl sites for hydroxylation is 1. The number of nitrogens with one attached hydrogen (secondary N) is 1. The summed E-state index contributed by atoms with van der Waals surface area (Å²) in [6.07, 6.45) is 0.319. The van der Waals surface area contributed by atoms with Gasteiger partial charge < -0.3 is 47.9 Å². The Morgan fingerprint density at radius 2 is 1.65 bits per heavy atom. The maximum absolute atomic E-state index is 15.1. The van der Waals surface area contributed by atoms with Gasteiger partial charge in [-0.2, -0.15) is 11.8 Å². The van der Waals surface area contributed by atoms with Crippen molar-refractivity contribution >= 4 is 23.9 Å². The Labute approximate surface area is 357 Å². The quantitative estimate of drug-likeness (QED) is 0.201. The Hall–Kier alpha value is -4.57. The number of likely N-dealkylation sites (N-methyl/N-ethyl adjacent to an activating group) is 1. The monoisotopic (exact) mass is 849 g/mol. The van der Waals surface area contributed by atoms with E-state index in [0.717, 1.165) is 38.9 Å². The standard InChI is InChI=1S/C45H59N3O11S/c1-23-17-28-14-16-48-30(33-24(2)39(54-12)25(3)40-41(33)57-22-56-40)20-55-42(50)45(21-60-26(4)35(48)36(47(8)9)34(28)37(49)38(23)53-11)29-19-31(52-10)32(18-27(29)13-15-46-45)58-43(51)59-44(5,6)7/h17-19,26,30,35-36,46,49H,13-16,20-22H2,1-12H3/t26?,30?,35?,36?,45-/m1/s1. The zero-order chi connectivity index (χ0) is 43.4. The van der Waals surface area contributed by atoms with Crippen LogP contribution in [-0.2, 0) is 32.6 Å². The van der Waals surface area contributed by atoms with E-state index in [1.807, 2.05) is 34.9 Å². The number of methoxy groups -OCH3 is 3. The highest BCUT2D eigenvalue weighted by Crippen LogP contribution is 2.54. The van der Waals surface area contributed by atoms with E-state index in [-0.39, 0.29) is 48.0 Å². The molecule has 1 spiro atoms. The van der Waals surface area contributed by atoms with Crippen molar-refractivity contribution in [2.75, 3.05) is 67.7 Å². The van der Waals surface area contributed by atoms with Crippen molar-refractivity contribution in [1.29, 1.82) is 0 Å². The van der Waals surface area contributed by atoms with E-state index < -0.39 is 29.3 Å². The van der Waals surface area contributed by atoms with E-state index in [1.54, 1.807) is 58.9 Å². The first-order valence-corrected chi connectivity index (χ1v) is 21.4. The average Bonchev–Trinajstić information content (AvgIpc) is 3.60. The number of aromatic hydroxyl groups is 1. The van der Waals surface area contributed by atoms with Gasteiger partial charge in [-0.15, -0.1) is 0 Å². The Morgan fingerprint density at radius 1 is 0.933 bits per heavy atom. The number of nitrogens with zero attached hydrogens (tertiary/aromatic N) is 2. The number of fused-ring (bicyclic) bond motifs is 5. The molecule has 1 fully saturated rings. The number of carbonyl (C=O) groups excluding carboxylic acids is 2. The van der Waals surface area contributed by atoms with Crippen LogP contribution >= 0.6 is 11.8 Å². The largest absolute Gasteiger partial charge is 0.514 e. The summed E-state index contributed by atoms with van der Waals surface area (Å²) in [5.74, 6) is 2.80. The van der Waals surface area contributed by atoms with Crippen LogP contribution in [0.4, 0.5) is 4.79 Å². The van der Waals surface area contributed by atoms with Gasteiger partial charge in [0.2, 0.25) is 6.79 Å². The van der Waals surface area contributed by atoms with Gasteiger partial charge >= 0.3 is 12.1 Å². The Balaban J connectivity index is 1.41. The molecule has 4 heterocycles. The van der Waals surface area contributed by atoms with Crippen LogP contribution in [0.3, 0.4) is 0 Å². The molecule has 2 N–H and O–H groups in total. The lowest BCUT2D eigenvalue weighted by atomic mass is 9.83. The number of thioether (sulfide) groups is 1. The van der Waals surface area contributed by atoms with Crippen molar-refractivity contribution in [3.63, 3.8) is 0 Å². The summed E-state index contributed by atoms with van der Waals surface area (Å²) in [7, 11) is 8.79. The van der Waals surface area contributed by atoms with Crippen LogP contribution in [0.15, 0.2) is 18.2 Å². The van der Waals surface area contributed by atoms with Gasteiger partial charge in [0, 0.05) is 52.4 Å². The number of phenols is 1. The van der Waals surface area contributed by atoms with E-state index in [9.17, 15) is 9.90 Å². The lowest BCUT2D eigenvalue weighted by Gasteiger charge is -2.48. The number of rotatable bonds is 6. The fraction of sp³-hybridized carbons (Fsp3) is 0.556. The van der Waals surface area contributed by atoms with Gasteiger partial charge in [0.15, 0.2) is 40.0 Å². The van der Waals surface area contributed by atoms with Gasteiger partial charge in [-0.3, -0.25) is 10.2 Å². The molecule has 4 unspecified atom stereocenters. The van der Waals surface area contributed by atoms with Crippen molar-refractivity contribution in [1.82, 2.24) is 15.1 Å². The third-order valence-electron chi connectivity index (χ3n) is 12.2. The minimum Gasteiger partial charge on any atom is -0.504 e. The summed E-state index contributed by atoms with van der Waals surface area (Å²) in [5.41, 5.74) is 4.63. The number of hydrogen-bond donors (Lipinski definition) is 2. The summed E-state index contributed by atoms with van der Waals surface area (Å²) < 4.78 is 47.8. The molecular weight excluding hydrogens is 791 g/mol. The van der Waals surface area contributed by atoms with Crippen molar-refractivity contribution in [2.24, 2.45) is 0 Å². The molecule has 0 bridgehead atoms. The second-order valence-corrected chi connectivity index (χ2v) is 18.6. The van der Waals surface area contributed by atoms with Crippen LogP contribution in [0.2, 0.25) is 0 Å². The Kier molecular flexibility index (Phi) is 12.1. The van der Waals surface area contributed by atoms with Gasteiger partial charge in [-0.05, 0) is 103 Å². The van der Waals surface area contributed by atoms with E-state index >= 15 is 4.79 Å². The van der Waals surface area contributed by atoms with Crippen molar-refractivity contribution in [3.05, 3.63) is 62.7 Å². The van der Waals surface area contributed by atoms with Crippen molar-refractivity contribution in [2.45, 2.75) is 95.8 Å². The predicted molar refractivity (Wildman–Crippen MR) is 227 cm³/mol. The van der Waals surface area contributed by atoms with E-state index in [1.165, 1.54) is 7.11 Å². The van der Waals surface area contributed by atoms with Crippen molar-refractivity contribution in [3.8, 4) is 40.2 Å². The molecule has 15 heteroatoms. The number of ether oxygens (including phenoxy) is 8. The maximum atomic E-state index is 15.1. The zero-order valence-corrected chi connectivity index (χ0v) is 37.6. The molecule has 3 aromatic carbocycles. The number of phenolic OH excluding ortho intramolecular Hbond substituents is 1. The molecule has 0 saturated carbocycles. The molecule has 4 aliphatic heterocycles. The molecule has 0 amide bonds. The first-order chi connectivity index (χ1) is 28.5. The summed E-state index contributed by atoms with van der Waals surface area (Å²) in [6, 6.07) is 4.53. The van der Waals surface area contributed by atoms with Gasteiger partial charge in [-0.1, -0.05) is 13.0 Å². The van der Waals surface area contributed by atoms with Gasteiger partial charge in [0.05, 0.1) is 33.4 Å². The van der Waals surface area contributed by atoms with E-state index in [4.69, 9.17) is 37.9 Å². The molecule has 0 aromatic heterocycles. The highest BCUT2D eigenvalue weighted by molar-refractivity contribution is 8.00. The minimum absolute atomic E-state index is 0.0316. The third-order valence-corrected chi connectivity index (χ3v) is 13.6. The van der Waals surface area contributed by atoms with Crippen LogP contribution in [-0.4, -0.2) is 112 Å². The maximum Gasteiger partial charge on any atom is 0.514 e. The molecule has 5 atom stereocenters. The summed E-state index contributed by atoms with van der Waals surface area (Å²) in [6.45, 7) is 14.5. The second-order valence-electron chi connectivity index (χ2n) is 17.2. The summed E-state index contributed by atoms with van der Waals surface area (Å²) >= 11 is 1.66. The number of carbonyl (C=O) groups is 2. The Morgan fingerprint density at radius 3 is 2.32 bits per heavy atom. The first kappa shape index (κ1) is 43.5. The van der Waals surface area contributed by atoms with Gasteiger partial charge in [0.25, 0.3) is 0 Å². The molecule has 326 valence electrons. The lowest BCUT2D eigenvalue weighted by molar-refractivity contribution is -0.154. The molecule has 0 aliphatic carbocycles. The molecule has 7 rings (SSSR count). The molecule has 14 nitrogen and oxygen atoms in total. The van der Waals surface area contributed by atoms with E-state index in [0.29, 0.717) is 60.2 Å². The number of hydrogen-bond acceptors (Lipinski definition) is 15. The van der Waals surface area contributed by atoms with E-state index in [2.05, 4.69) is 28.1 Å². The zero-order valence-electron chi connectivity index (χ0n) is 36.8. The molecule has 60 heavy (non-hydrogen) atoms. The number of benzene rings is 3. The fourth-order valence-electron chi connectivity index (χ4n) is 9.67. The number of esters is 1. The minimum atomic E-state index is -1.31. The molecule has 0 radical (unpaired) electrons. The normalized spacial score (nSPS) is 24.1. The van der Waals surface area contributed by atoms with Crippen molar-refractivity contribution < 1.29 is 52.6 Å². The van der Waals surface area contributed by atoms with Gasteiger partial charge in [-0.25, -0.2) is 9.59 Å². The predicted octanol–water partition coefficient (Wildman–Crippen LogP) is 6.68. The highest BCUT2D eigenvalue weighted by Gasteiger charge is 2.51.